The summed E-state index contributed by atoms with van der Waals surface area (Å²) in [5, 5.41) is 0. The van der Waals surface area contributed by atoms with E-state index in [1.54, 1.807) is 18.2 Å². The predicted octanol–water partition coefficient (Wildman–Crippen LogP) is 2.40. The fourth-order valence-electron chi connectivity index (χ4n) is 0.745. The van der Waals surface area contributed by atoms with Gasteiger partial charge in [0, 0.05) is 11.2 Å². The van der Waals surface area contributed by atoms with Crippen molar-refractivity contribution >= 4 is 17.3 Å². The van der Waals surface area contributed by atoms with Gasteiger partial charge in [-0.15, -0.1) is 0 Å². The van der Waals surface area contributed by atoms with Gasteiger partial charge in [-0.2, -0.15) is 0 Å². The smallest absolute Gasteiger partial charge is 0.119 e. The maximum Gasteiger partial charge on any atom is 0.119 e. The summed E-state index contributed by atoms with van der Waals surface area (Å²) >= 11 is 5.31. The average molecular weight is 184 g/mol. The first-order valence-electron chi connectivity index (χ1n) is 3.56. The molecule has 0 bridgehead atoms. The Labute approximate surface area is 76.6 Å². The number of nitrogen functional groups attached to an aromatic ring is 1. The Bertz CT molecular complexity index is 256. The molecule has 0 unspecified atom stereocenters. The van der Waals surface area contributed by atoms with Crippen molar-refractivity contribution in [2.75, 3.05) is 12.3 Å². The summed E-state index contributed by atoms with van der Waals surface area (Å²) in [6.07, 6.45) is 1.72. The van der Waals surface area contributed by atoms with Crippen LogP contribution < -0.4 is 10.5 Å². The van der Waals surface area contributed by atoms with Crippen molar-refractivity contribution in [3.8, 4) is 5.75 Å². The summed E-state index contributed by atoms with van der Waals surface area (Å²) in [7, 11) is 0. The third-order valence-electron chi connectivity index (χ3n) is 1.32. The fourth-order valence-corrected chi connectivity index (χ4v) is 0.817. The monoisotopic (exact) mass is 183 g/mol. The van der Waals surface area contributed by atoms with Crippen molar-refractivity contribution in [3.63, 3.8) is 0 Å². The number of nitrogens with two attached hydrogens (primary N) is 1. The van der Waals surface area contributed by atoms with Crippen LogP contribution in [-0.2, 0) is 0 Å². The van der Waals surface area contributed by atoms with Crippen molar-refractivity contribution < 1.29 is 4.74 Å². The SMILES string of the molecule is Nc1ccc(OCC=CCl)cc1. The number of hydrogen-bond acceptors (Lipinski definition) is 2. The minimum Gasteiger partial charge on any atom is -0.490 e. The molecule has 0 spiro atoms. The molecule has 0 aliphatic rings. The summed E-state index contributed by atoms with van der Waals surface area (Å²) in [5.74, 6) is 0.791. The average Bonchev–Trinajstić information content (AvgIpc) is 2.09. The molecule has 2 N–H and O–H groups in total. The van der Waals surface area contributed by atoms with E-state index in [-0.39, 0.29) is 0 Å². The first-order valence-corrected chi connectivity index (χ1v) is 4.00. The third-order valence-corrected chi connectivity index (χ3v) is 1.49. The topological polar surface area (TPSA) is 35.2 Å². The predicted molar refractivity (Wildman–Crippen MR) is 51.3 cm³/mol. The Morgan fingerprint density at radius 2 is 2.00 bits per heavy atom. The lowest BCUT2D eigenvalue weighted by molar-refractivity contribution is 0.363. The fraction of sp³-hybridized carbons (Fsp3) is 0.111. The van der Waals surface area contributed by atoms with Crippen molar-refractivity contribution in [3.05, 3.63) is 35.9 Å². The van der Waals surface area contributed by atoms with Crippen LogP contribution in [0.5, 0.6) is 5.75 Å². The molecule has 0 aliphatic heterocycles. The van der Waals surface area contributed by atoms with Crippen LogP contribution in [0.1, 0.15) is 0 Å². The van der Waals surface area contributed by atoms with Crippen molar-refractivity contribution in [2.45, 2.75) is 0 Å². The van der Waals surface area contributed by atoms with E-state index in [9.17, 15) is 0 Å². The third kappa shape index (κ3) is 2.84. The van der Waals surface area contributed by atoms with Gasteiger partial charge < -0.3 is 10.5 Å². The normalized spacial score (nSPS) is 10.4. The molecule has 1 aromatic carbocycles. The summed E-state index contributed by atoms with van der Waals surface area (Å²) in [5.41, 5.74) is 7.65. The van der Waals surface area contributed by atoms with E-state index in [1.165, 1.54) is 5.54 Å². The first kappa shape index (κ1) is 8.94. The second-order valence-electron chi connectivity index (χ2n) is 2.24. The summed E-state index contributed by atoms with van der Waals surface area (Å²) in [6, 6.07) is 7.22. The molecule has 0 saturated heterocycles. The Balaban J connectivity index is 2.47. The van der Waals surface area contributed by atoms with Gasteiger partial charge in [-0.05, 0) is 30.3 Å². The molecule has 3 heteroatoms. The van der Waals surface area contributed by atoms with Crippen LogP contribution in [0.3, 0.4) is 0 Å². The van der Waals surface area contributed by atoms with Crippen molar-refractivity contribution in [2.24, 2.45) is 0 Å². The summed E-state index contributed by atoms with van der Waals surface area (Å²) in [4.78, 5) is 0. The second-order valence-corrected chi connectivity index (χ2v) is 2.49. The van der Waals surface area contributed by atoms with Gasteiger partial charge in [0.05, 0.1) is 0 Å². The standard InChI is InChI=1S/C9H10ClNO/c10-6-1-7-12-9-4-2-8(11)3-5-9/h1-6H,7,11H2. The quantitative estimate of drug-likeness (QED) is 0.731. The molecule has 0 aromatic heterocycles. The number of hydrogen-bond donors (Lipinski definition) is 1. The van der Waals surface area contributed by atoms with Gasteiger partial charge in [0.25, 0.3) is 0 Å². The van der Waals surface area contributed by atoms with E-state index in [4.69, 9.17) is 22.1 Å². The molecule has 0 fully saturated rings. The molecule has 0 radical (unpaired) electrons. The lowest BCUT2D eigenvalue weighted by Gasteiger charge is -2.01. The van der Waals surface area contributed by atoms with E-state index in [0.717, 1.165) is 11.4 Å². The van der Waals surface area contributed by atoms with Gasteiger partial charge in [-0.1, -0.05) is 11.6 Å². The molecule has 12 heavy (non-hydrogen) atoms. The van der Waals surface area contributed by atoms with Gasteiger partial charge in [0.2, 0.25) is 0 Å². The van der Waals surface area contributed by atoms with Gasteiger partial charge in [0.15, 0.2) is 0 Å². The van der Waals surface area contributed by atoms with E-state index < -0.39 is 0 Å². The zero-order valence-corrected chi connectivity index (χ0v) is 7.29. The number of anilines is 1. The Kier molecular flexibility index (Phi) is 3.48. The molecule has 0 saturated carbocycles. The summed E-state index contributed by atoms with van der Waals surface area (Å²) < 4.78 is 5.27. The summed E-state index contributed by atoms with van der Waals surface area (Å²) in [6.45, 7) is 0.480. The van der Waals surface area contributed by atoms with Gasteiger partial charge in [-0.3, -0.25) is 0 Å². The first-order chi connectivity index (χ1) is 5.83. The number of benzene rings is 1. The minimum atomic E-state index is 0.480. The van der Waals surface area contributed by atoms with Crippen LogP contribution >= 0.6 is 11.6 Å². The maximum atomic E-state index is 5.49. The highest BCUT2D eigenvalue weighted by Gasteiger charge is 1.89. The van der Waals surface area contributed by atoms with Gasteiger partial charge in [0.1, 0.15) is 12.4 Å². The molecule has 0 amide bonds. The molecule has 2 nitrogen and oxygen atoms in total. The highest BCUT2D eigenvalue weighted by atomic mass is 35.5. The Morgan fingerprint density at radius 1 is 1.33 bits per heavy atom. The largest absolute Gasteiger partial charge is 0.490 e. The number of halogens is 1. The maximum absolute atomic E-state index is 5.49. The lowest BCUT2D eigenvalue weighted by Crippen LogP contribution is -1.93. The molecule has 0 heterocycles. The van der Waals surface area contributed by atoms with Gasteiger partial charge >= 0.3 is 0 Å². The molecule has 1 rings (SSSR count). The van der Waals surface area contributed by atoms with E-state index in [1.807, 2.05) is 12.1 Å². The van der Waals surface area contributed by atoms with Gasteiger partial charge in [-0.25, -0.2) is 0 Å². The lowest BCUT2D eigenvalue weighted by atomic mass is 10.3. The second kappa shape index (κ2) is 4.67. The molecular weight excluding hydrogens is 174 g/mol. The van der Waals surface area contributed by atoms with Crippen LogP contribution in [0.25, 0.3) is 0 Å². The number of rotatable bonds is 3. The molecule has 0 atom stereocenters. The van der Waals surface area contributed by atoms with E-state index in [0.29, 0.717) is 6.61 Å². The van der Waals surface area contributed by atoms with Crippen LogP contribution in [0, 0.1) is 0 Å². The van der Waals surface area contributed by atoms with Crippen LogP contribution in [0.4, 0.5) is 5.69 Å². The Morgan fingerprint density at radius 3 is 2.58 bits per heavy atom. The zero-order chi connectivity index (χ0) is 8.81. The van der Waals surface area contributed by atoms with Crippen LogP contribution in [-0.4, -0.2) is 6.61 Å². The minimum absolute atomic E-state index is 0.480. The van der Waals surface area contributed by atoms with Crippen LogP contribution in [0.2, 0.25) is 0 Å². The zero-order valence-electron chi connectivity index (χ0n) is 6.53. The molecule has 1 aromatic rings. The highest BCUT2D eigenvalue weighted by molar-refractivity contribution is 6.25. The van der Waals surface area contributed by atoms with Crippen LogP contribution in [0.15, 0.2) is 35.9 Å². The number of ether oxygens (including phenoxy) is 1. The highest BCUT2D eigenvalue weighted by Crippen LogP contribution is 2.12. The molecule has 0 aliphatic carbocycles. The van der Waals surface area contributed by atoms with Crippen molar-refractivity contribution in [1.29, 1.82) is 0 Å². The molecular formula is C9H10ClNO. The van der Waals surface area contributed by atoms with Crippen molar-refractivity contribution in [1.82, 2.24) is 0 Å². The van der Waals surface area contributed by atoms with E-state index in [2.05, 4.69) is 0 Å². The molecule has 64 valence electrons. The Hall–Kier alpha value is -1.15. The van der Waals surface area contributed by atoms with E-state index >= 15 is 0 Å².